The fraction of sp³-hybridized carbons (Fsp3) is 0.118. The van der Waals surface area contributed by atoms with Gasteiger partial charge >= 0.3 is 6.03 Å². The molecule has 2 amide bonds. The Morgan fingerprint density at radius 3 is 1.50 bits per heavy atom. The number of nitrogens with one attached hydrogen (secondary N) is 6. The number of rotatable bonds is 4. The predicted molar refractivity (Wildman–Crippen MR) is 116 cm³/mol. The Balaban J connectivity index is 1.73. The molecule has 0 aromatic heterocycles. The minimum absolute atomic E-state index is 0.175. The van der Waals surface area contributed by atoms with Gasteiger partial charge in [-0.2, -0.15) is 0 Å². The fourth-order valence-electron chi connectivity index (χ4n) is 2.06. The number of para-hydroxylation sites is 4. The number of hydrazine groups is 2. The smallest absolute Gasteiger partial charge is 0.352 e. The fourth-order valence-corrected chi connectivity index (χ4v) is 2.38. The molecule has 0 saturated carbocycles. The van der Waals surface area contributed by atoms with Crippen LogP contribution in [-0.4, -0.2) is 30.5 Å². The number of benzene rings is 2. The van der Waals surface area contributed by atoms with Crippen molar-refractivity contribution in [1.29, 1.82) is 0 Å². The van der Waals surface area contributed by atoms with Crippen LogP contribution in [0.3, 0.4) is 0 Å². The highest BCUT2D eigenvalue weighted by molar-refractivity contribution is 7.80. The average molecular weight is 421 g/mol. The maximum absolute atomic E-state index is 11.8. The summed E-state index contributed by atoms with van der Waals surface area (Å²) in [5, 5.41) is 6.17. The first kappa shape index (κ1) is 21.0. The van der Waals surface area contributed by atoms with E-state index in [1.807, 2.05) is 24.3 Å². The van der Waals surface area contributed by atoms with Crippen LogP contribution in [0.5, 0.6) is 11.5 Å². The molecule has 6 N–H and O–H groups in total. The van der Waals surface area contributed by atoms with E-state index in [0.29, 0.717) is 22.9 Å². The molecule has 9 nitrogen and oxygen atoms in total. The van der Waals surface area contributed by atoms with Crippen LogP contribution in [0.1, 0.15) is 0 Å². The molecule has 148 valence electrons. The summed E-state index contributed by atoms with van der Waals surface area (Å²) in [5.74, 6) is 1.23. The van der Waals surface area contributed by atoms with Crippen molar-refractivity contribution in [1.82, 2.24) is 21.7 Å². The molecule has 2 aromatic rings. The predicted octanol–water partition coefficient (Wildman–Crippen LogP) is 2.11. The molecule has 0 spiro atoms. The summed E-state index contributed by atoms with van der Waals surface area (Å²) in [6, 6.07) is 13.9. The van der Waals surface area contributed by atoms with E-state index < -0.39 is 6.03 Å². The summed E-state index contributed by atoms with van der Waals surface area (Å²) >= 11 is 10.2. The molecule has 2 aromatic carbocycles. The van der Waals surface area contributed by atoms with Gasteiger partial charge in [-0.25, -0.2) is 15.6 Å². The van der Waals surface area contributed by atoms with E-state index in [0.717, 1.165) is 0 Å². The largest absolute Gasteiger partial charge is 0.495 e. The summed E-state index contributed by atoms with van der Waals surface area (Å²) in [6.07, 6.45) is 0. The van der Waals surface area contributed by atoms with Crippen LogP contribution in [0.15, 0.2) is 48.5 Å². The summed E-state index contributed by atoms with van der Waals surface area (Å²) < 4.78 is 10.4. The summed E-state index contributed by atoms with van der Waals surface area (Å²) in [5.41, 5.74) is 11.1. The van der Waals surface area contributed by atoms with Crippen molar-refractivity contribution in [3.05, 3.63) is 48.5 Å². The quantitative estimate of drug-likeness (QED) is 0.327. The standard InChI is InChI=1S/C17H20N6O3S2/c1-25-13-9-5-3-7-11(13)18-16(27)22-20-15(24)21-23-17(28)19-12-8-4-6-10-14(12)26-2/h3-10H,1-2H3,(H2,18,22,27)(H2,19,23,28)(H2,20,21,24). The molecular formula is C17H20N6O3S2. The lowest BCUT2D eigenvalue weighted by Gasteiger charge is -2.16. The van der Waals surface area contributed by atoms with Crippen molar-refractivity contribution >= 4 is 52.1 Å². The molecule has 0 saturated heterocycles. The van der Waals surface area contributed by atoms with E-state index in [1.165, 1.54) is 0 Å². The summed E-state index contributed by atoms with van der Waals surface area (Å²) in [6.45, 7) is 0. The Hall–Kier alpha value is -3.31. The summed E-state index contributed by atoms with van der Waals surface area (Å²) in [4.78, 5) is 11.8. The zero-order chi connectivity index (χ0) is 20.4. The van der Waals surface area contributed by atoms with Gasteiger partial charge in [0.1, 0.15) is 11.5 Å². The minimum atomic E-state index is -0.603. The van der Waals surface area contributed by atoms with Gasteiger partial charge in [0.15, 0.2) is 10.2 Å². The number of hydrogen-bond acceptors (Lipinski definition) is 5. The minimum Gasteiger partial charge on any atom is -0.495 e. The molecular weight excluding hydrogens is 400 g/mol. The molecule has 0 bridgehead atoms. The van der Waals surface area contributed by atoms with Gasteiger partial charge in [0.05, 0.1) is 25.6 Å². The molecule has 2 rings (SSSR count). The lowest BCUT2D eigenvalue weighted by atomic mass is 10.3. The second kappa shape index (κ2) is 10.7. The zero-order valence-corrected chi connectivity index (χ0v) is 16.8. The molecule has 11 heteroatoms. The number of anilines is 2. The molecule has 0 aliphatic rings. The molecule has 0 unspecified atom stereocenters. The number of carbonyl (C=O) groups excluding carboxylic acids is 1. The first-order valence-electron chi connectivity index (χ1n) is 7.99. The normalized spacial score (nSPS) is 9.50. The number of urea groups is 1. The zero-order valence-electron chi connectivity index (χ0n) is 15.2. The highest BCUT2D eigenvalue weighted by Gasteiger charge is 2.07. The second-order valence-electron chi connectivity index (χ2n) is 5.14. The van der Waals surface area contributed by atoms with Crippen molar-refractivity contribution in [2.24, 2.45) is 0 Å². The SMILES string of the molecule is COc1ccccc1NC(=S)NNC(=O)NNC(=S)Nc1ccccc1OC. The van der Waals surface area contributed by atoms with Gasteiger partial charge in [0.2, 0.25) is 0 Å². The topological polar surface area (TPSA) is 108 Å². The van der Waals surface area contributed by atoms with Crippen LogP contribution in [0.4, 0.5) is 16.2 Å². The molecule has 28 heavy (non-hydrogen) atoms. The van der Waals surface area contributed by atoms with E-state index in [2.05, 4.69) is 32.3 Å². The Morgan fingerprint density at radius 1 is 0.714 bits per heavy atom. The van der Waals surface area contributed by atoms with Gasteiger partial charge in [-0.3, -0.25) is 10.9 Å². The van der Waals surface area contributed by atoms with Crippen molar-refractivity contribution in [2.45, 2.75) is 0 Å². The van der Waals surface area contributed by atoms with Crippen molar-refractivity contribution in [2.75, 3.05) is 24.9 Å². The molecule has 0 aliphatic carbocycles. The number of amides is 2. The third-order valence-electron chi connectivity index (χ3n) is 3.29. The molecule has 0 radical (unpaired) electrons. The Bertz CT molecular complexity index is 782. The van der Waals surface area contributed by atoms with E-state index in [-0.39, 0.29) is 10.2 Å². The van der Waals surface area contributed by atoms with Crippen LogP contribution in [0.2, 0.25) is 0 Å². The number of thiocarbonyl (C=S) groups is 2. The van der Waals surface area contributed by atoms with Gasteiger partial charge in [0.25, 0.3) is 0 Å². The van der Waals surface area contributed by atoms with E-state index in [4.69, 9.17) is 33.9 Å². The molecule has 0 atom stereocenters. The Labute approximate surface area is 173 Å². The average Bonchev–Trinajstić information content (AvgIpc) is 2.71. The number of carbonyl (C=O) groups is 1. The van der Waals surface area contributed by atoms with Crippen LogP contribution < -0.4 is 41.8 Å². The maximum Gasteiger partial charge on any atom is 0.352 e. The van der Waals surface area contributed by atoms with Crippen LogP contribution >= 0.6 is 24.4 Å². The first-order valence-corrected chi connectivity index (χ1v) is 8.81. The highest BCUT2D eigenvalue weighted by Crippen LogP contribution is 2.23. The maximum atomic E-state index is 11.8. The van der Waals surface area contributed by atoms with Crippen LogP contribution in [0.25, 0.3) is 0 Å². The number of hydrogen-bond donors (Lipinski definition) is 6. The lowest BCUT2D eigenvalue weighted by Crippen LogP contribution is -2.53. The van der Waals surface area contributed by atoms with E-state index >= 15 is 0 Å². The second-order valence-corrected chi connectivity index (χ2v) is 5.95. The Kier molecular flexibility index (Phi) is 8.06. The summed E-state index contributed by atoms with van der Waals surface area (Å²) in [7, 11) is 3.10. The van der Waals surface area contributed by atoms with Crippen LogP contribution in [0, 0.1) is 0 Å². The molecule has 0 heterocycles. The highest BCUT2D eigenvalue weighted by atomic mass is 32.1. The van der Waals surface area contributed by atoms with E-state index in [1.54, 1.807) is 38.5 Å². The third-order valence-corrected chi connectivity index (χ3v) is 3.70. The van der Waals surface area contributed by atoms with Crippen molar-refractivity contribution in [3.63, 3.8) is 0 Å². The molecule has 0 aliphatic heterocycles. The van der Waals surface area contributed by atoms with Gasteiger partial charge in [-0.05, 0) is 48.7 Å². The monoisotopic (exact) mass is 420 g/mol. The van der Waals surface area contributed by atoms with Crippen LogP contribution in [-0.2, 0) is 0 Å². The number of ether oxygens (including phenoxy) is 2. The van der Waals surface area contributed by atoms with Crippen molar-refractivity contribution in [3.8, 4) is 11.5 Å². The first-order chi connectivity index (χ1) is 13.5. The number of methoxy groups -OCH3 is 2. The van der Waals surface area contributed by atoms with Gasteiger partial charge in [-0.15, -0.1) is 0 Å². The third kappa shape index (κ3) is 6.45. The Morgan fingerprint density at radius 2 is 1.11 bits per heavy atom. The van der Waals surface area contributed by atoms with Gasteiger partial charge in [0, 0.05) is 0 Å². The van der Waals surface area contributed by atoms with Gasteiger partial charge < -0.3 is 20.1 Å². The lowest BCUT2D eigenvalue weighted by molar-refractivity contribution is 0.237. The molecule has 0 fully saturated rings. The van der Waals surface area contributed by atoms with E-state index in [9.17, 15) is 4.79 Å². The van der Waals surface area contributed by atoms with Crippen molar-refractivity contribution < 1.29 is 14.3 Å². The van der Waals surface area contributed by atoms with Gasteiger partial charge in [-0.1, -0.05) is 24.3 Å².